The van der Waals surface area contributed by atoms with E-state index in [4.69, 9.17) is 11.6 Å². The number of benzene rings is 2. The van der Waals surface area contributed by atoms with Crippen molar-refractivity contribution in [2.75, 3.05) is 12.3 Å². The maximum atomic E-state index is 12.4. The van der Waals surface area contributed by atoms with E-state index >= 15 is 0 Å². The molecule has 0 unspecified atom stereocenters. The number of hydrogen-bond acceptors (Lipinski definition) is 5. The molecule has 0 radical (unpaired) electrons. The van der Waals surface area contributed by atoms with Gasteiger partial charge in [0.05, 0.1) is 0 Å². The minimum atomic E-state index is -0.844. The predicted octanol–water partition coefficient (Wildman–Crippen LogP) is 4.71. The number of hydrogen-bond donors (Lipinski definition) is 1. The van der Waals surface area contributed by atoms with E-state index in [0.29, 0.717) is 23.7 Å². The fourth-order valence-electron chi connectivity index (χ4n) is 3.56. The molecule has 32 heavy (non-hydrogen) atoms. The molecule has 0 aliphatic carbocycles. The van der Waals surface area contributed by atoms with E-state index in [1.807, 2.05) is 54.0 Å². The van der Waals surface area contributed by atoms with Crippen molar-refractivity contribution in [3.63, 3.8) is 0 Å². The summed E-state index contributed by atoms with van der Waals surface area (Å²) < 4.78 is 2.03. The lowest BCUT2D eigenvalue weighted by Gasteiger charge is -2.15. The molecule has 1 saturated heterocycles. The molecule has 0 atom stereocenters. The number of aromatic nitrogens is 3. The van der Waals surface area contributed by atoms with Crippen molar-refractivity contribution in [1.29, 1.82) is 0 Å². The number of imide groups is 1. The highest BCUT2D eigenvalue weighted by molar-refractivity contribution is 7.99. The highest BCUT2D eigenvalue weighted by atomic mass is 35.5. The zero-order valence-electron chi connectivity index (χ0n) is 18.1. The molecule has 1 aliphatic heterocycles. The van der Waals surface area contributed by atoms with Gasteiger partial charge < -0.3 is 5.32 Å². The summed E-state index contributed by atoms with van der Waals surface area (Å²) in [5.41, 5.74) is 2.17. The fourth-order valence-corrected chi connectivity index (χ4v) is 4.56. The number of aryl methyl sites for hydroxylation is 1. The summed E-state index contributed by atoms with van der Waals surface area (Å²) in [7, 11) is 0. The Morgan fingerprint density at radius 1 is 1.09 bits per heavy atom. The SMILES string of the molecule is Cc1cccc(-n2c(SCCCN3C(=O)NC(C)(C)C3=O)nnc2-c2ccc(Cl)cc2)c1. The first-order valence-electron chi connectivity index (χ1n) is 10.3. The van der Waals surface area contributed by atoms with Gasteiger partial charge in [-0.1, -0.05) is 35.5 Å². The van der Waals surface area contributed by atoms with Gasteiger partial charge in [0, 0.05) is 28.6 Å². The molecular weight excluding hydrogens is 446 g/mol. The summed E-state index contributed by atoms with van der Waals surface area (Å²) in [6.45, 7) is 5.83. The third-order valence-corrected chi connectivity index (χ3v) is 6.46. The molecule has 1 N–H and O–H groups in total. The van der Waals surface area contributed by atoms with Crippen LogP contribution in [0.1, 0.15) is 25.8 Å². The number of amides is 3. The van der Waals surface area contributed by atoms with Gasteiger partial charge >= 0.3 is 6.03 Å². The van der Waals surface area contributed by atoms with Crippen LogP contribution in [0.2, 0.25) is 5.02 Å². The monoisotopic (exact) mass is 469 g/mol. The number of nitrogens with zero attached hydrogens (tertiary/aromatic N) is 4. The fraction of sp³-hybridized carbons (Fsp3) is 0.304. The minimum absolute atomic E-state index is 0.194. The molecule has 2 aromatic carbocycles. The Labute approximate surface area is 196 Å². The molecular formula is C23H24ClN5O2S. The molecule has 9 heteroatoms. The lowest BCUT2D eigenvalue weighted by Crippen LogP contribution is -2.40. The van der Waals surface area contributed by atoms with Gasteiger partial charge in [0.25, 0.3) is 5.91 Å². The summed E-state index contributed by atoms with van der Waals surface area (Å²) in [5, 5.41) is 13.0. The quantitative estimate of drug-likeness (QED) is 0.308. The number of rotatable bonds is 7. The number of carbonyl (C=O) groups excluding carboxylic acids is 2. The van der Waals surface area contributed by atoms with Gasteiger partial charge in [-0.15, -0.1) is 10.2 Å². The highest BCUT2D eigenvalue weighted by Crippen LogP contribution is 2.29. The Balaban J connectivity index is 1.53. The van der Waals surface area contributed by atoms with Crippen LogP contribution in [0.5, 0.6) is 0 Å². The summed E-state index contributed by atoms with van der Waals surface area (Å²) in [5.74, 6) is 1.22. The number of urea groups is 1. The van der Waals surface area contributed by atoms with Crippen LogP contribution in [-0.2, 0) is 4.79 Å². The van der Waals surface area contributed by atoms with Crippen LogP contribution in [-0.4, -0.2) is 49.4 Å². The Hall–Kier alpha value is -2.84. The van der Waals surface area contributed by atoms with Crippen molar-refractivity contribution in [3.8, 4) is 17.1 Å². The van der Waals surface area contributed by atoms with Gasteiger partial charge in [-0.2, -0.15) is 0 Å². The Morgan fingerprint density at radius 3 is 2.50 bits per heavy atom. The Morgan fingerprint density at radius 2 is 1.84 bits per heavy atom. The molecule has 1 fully saturated rings. The van der Waals surface area contributed by atoms with Crippen LogP contribution in [0.4, 0.5) is 4.79 Å². The highest BCUT2D eigenvalue weighted by Gasteiger charge is 2.43. The van der Waals surface area contributed by atoms with Crippen LogP contribution in [0.15, 0.2) is 53.7 Å². The van der Waals surface area contributed by atoms with Gasteiger partial charge in [0.2, 0.25) is 0 Å². The topological polar surface area (TPSA) is 80.1 Å². The maximum Gasteiger partial charge on any atom is 0.325 e. The zero-order valence-corrected chi connectivity index (χ0v) is 19.7. The second-order valence-corrected chi connectivity index (χ2v) is 9.70. The summed E-state index contributed by atoms with van der Waals surface area (Å²) in [6, 6.07) is 15.3. The number of nitrogens with one attached hydrogen (secondary N) is 1. The normalized spacial score (nSPS) is 15.3. The summed E-state index contributed by atoms with van der Waals surface area (Å²) in [4.78, 5) is 25.7. The van der Waals surface area contributed by atoms with Crippen molar-refractivity contribution >= 4 is 35.3 Å². The zero-order chi connectivity index (χ0) is 22.9. The molecule has 0 bridgehead atoms. The third kappa shape index (κ3) is 4.52. The van der Waals surface area contributed by atoms with Gasteiger partial charge in [0.1, 0.15) is 5.54 Å². The average molecular weight is 470 g/mol. The van der Waals surface area contributed by atoms with Gasteiger partial charge in [-0.05, 0) is 69.2 Å². The lowest BCUT2D eigenvalue weighted by atomic mass is 10.1. The summed E-state index contributed by atoms with van der Waals surface area (Å²) >= 11 is 7.60. The molecule has 1 aliphatic rings. The molecule has 0 saturated carbocycles. The van der Waals surface area contributed by atoms with Gasteiger partial charge in [-0.25, -0.2) is 4.79 Å². The second-order valence-electron chi connectivity index (χ2n) is 8.20. The first-order valence-corrected chi connectivity index (χ1v) is 11.7. The van der Waals surface area contributed by atoms with Crippen LogP contribution in [0, 0.1) is 6.92 Å². The van der Waals surface area contributed by atoms with E-state index in [-0.39, 0.29) is 11.9 Å². The maximum absolute atomic E-state index is 12.4. The van der Waals surface area contributed by atoms with Crippen molar-refractivity contribution in [1.82, 2.24) is 25.0 Å². The Bertz CT molecular complexity index is 1160. The lowest BCUT2D eigenvalue weighted by molar-refractivity contribution is -0.130. The van der Waals surface area contributed by atoms with E-state index in [2.05, 4.69) is 21.6 Å². The van der Waals surface area contributed by atoms with Gasteiger partial charge in [0.15, 0.2) is 11.0 Å². The molecule has 1 aromatic heterocycles. The van der Waals surface area contributed by atoms with E-state index in [1.165, 1.54) is 4.90 Å². The van der Waals surface area contributed by atoms with Gasteiger partial charge in [-0.3, -0.25) is 14.3 Å². The molecule has 3 amide bonds. The van der Waals surface area contributed by atoms with Crippen molar-refractivity contribution in [3.05, 3.63) is 59.1 Å². The smallest absolute Gasteiger partial charge is 0.324 e. The Kier molecular flexibility index (Phi) is 6.26. The van der Waals surface area contributed by atoms with Crippen LogP contribution < -0.4 is 5.32 Å². The summed E-state index contributed by atoms with van der Waals surface area (Å²) in [6.07, 6.45) is 0.650. The first-order chi connectivity index (χ1) is 15.3. The van der Waals surface area contributed by atoms with Crippen molar-refractivity contribution in [2.24, 2.45) is 0 Å². The van der Waals surface area contributed by atoms with E-state index in [0.717, 1.165) is 27.8 Å². The number of thioether (sulfide) groups is 1. The third-order valence-electron chi connectivity index (χ3n) is 5.20. The van der Waals surface area contributed by atoms with Crippen molar-refractivity contribution < 1.29 is 9.59 Å². The standard InChI is InChI=1S/C23H24ClN5O2S/c1-15-6-4-7-18(14-15)29-19(16-8-10-17(24)11-9-16)26-27-22(29)32-13-5-12-28-20(30)23(2,3)25-21(28)31/h4,6-11,14H,5,12-13H2,1-3H3,(H,25,31). The van der Waals surface area contributed by atoms with E-state index in [9.17, 15) is 9.59 Å². The average Bonchev–Trinajstić information content (AvgIpc) is 3.25. The minimum Gasteiger partial charge on any atom is -0.324 e. The first kappa shape index (κ1) is 22.4. The molecule has 3 aromatic rings. The van der Waals surface area contributed by atoms with Crippen LogP contribution in [0.25, 0.3) is 17.1 Å². The predicted molar refractivity (Wildman–Crippen MR) is 126 cm³/mol. The number of carbonyl (C=O) groups is 2. The molecule has 166 valence electrons. The number of halogens is 1. The van der Waals surface area contributed by atoms with E-state index in [1.54, 1.807) is 25.6 Å². The largest absolute Gasteiger partial charge is 0.325 e. The molecule has 7 nitrogen and oxygen atoms in total. The van der Waals surface area contributed by atoms with Crippen LogP contribution in [0.3, 0.4) is 0 Å². The molecule has 0 spiro atoms. The molecule has 2 heterocycles. The van der Waals surface area contributed by atoms with E-state index < -0.39 is 5.54 Å². The van der Waals surface area contributed by atoms with Crippen LogP contribution >= 0.6 is 23.4 Å². The van der Waals surface area contributed by atoms with Crippen molar-refractivity contribution in [2.45, 2.75) is 37.9 Å². The molecule has 4 rings (SSSR count). The second kappa shape index (κ2) is 8.96.